The number of carbonyl (C=O) groups is 1. The van der Waals surface area contributed by atoms with Gasteiger partial charge in [-0.15, -0.1) is 0 Å². The number of hydrogen-bond donors (Lipinski definition) is 2. The molecule has 0 saturated heterocycles. The summed E-state index contributed by atoms with van der Waals surface area (Å²) in [5.41, 5.74) is 0.708. The van der Waals surface area contributed by atoms with Crippen LogP contribution in [0.5, 0.6) is 0 Å². The van der Waals surface area contributed by atoms with Crippen LogP contribution in [0.1, 0.15) is 44.6 Å². The summed E-state index contributed by atoms with van der Waals surface area (Å²) in [6.45, 7) is 2.97. The largest absolute Gasteiger partial charge is 0.396 e. The third-order valence-corrected chi connectivity index (χ3v) is 4.62. The summed E-state index contributed by atoms with van der Waals surface area (Å²) in [7, 11) is 0. The zero-order valence-corrected chi connectivity index (χ0v) is 13.3. The minimum atomic E-state index is -0.347. The van der Waals surface area contributed by atoms with Crippen LogP contribution in [0.3, 0.4) is 0 Å². The molecule has 0 heterocycles. The summed E-state index contributed by atoms with van der Waals surface area (Å²) in [5.74, 6) is 0.480. The summed E-state index contributed by atoms with van der Waals surface area (Å²) in [6, 6.07) is 7.59. The predicted octanol–water partition coefficient (Wildman–Crippen LogP) is 3.29. The number of aliphatic hydroxyl groups excluding tert-OH is 1. The first kappa shape index (κ1) is 16.3. The van der Waals surface area contributed by atoms with E-state index in [2.05, 4.69) is 12.2 Å². The van der Waals surface area contributed by atoms with Gasteiger partial charge in [0, 0.05) is 18.2 Å². The molecule has 1 aromatic rings. The molecule has 2 rings (SSSR count). The van der Waals surface area contributed by atoms with E-state index in [1.54, 1.807) is 0 Å². The minimum absolute atomic E-state index is 0.115. The van der Waals surface area contributed by atoms with E-state index in [1.807, 2.05) is 24.3 Å². The molecule has 1 saturated carbocycles. The summed E-state index contributed by atoms with van der Waals surface area (Å²) in [5, 5.41) is 12.9. The fourth-order valence-corrected chi connectivity index (χ4v) is 3.01. The van der Waals surface area contributed by atoms with Crippen molar-refractivity contribution in [1.29, 1.82) is 0 Å². The van der Waals surface area contributed by atoms with E-state index in [4.69, 9.17) is 16.7 Å². The van der Waals surface area contributed by atoms with Crippen molar-refractivity contribution < 1.29 is 9.90 Å². The van der Waals surface area contributed by atoms with Gasteiger partial charge in [0.25, 0.3) is 0 Å². The maximum Gasteiger partial charge on any atom is 0.230 e. The van der Waals surface area contributed by atoms with Gasteiger partial charge in [-0.1, -0.05) is 37.1 Å². The number of nitrogens with one attached hydrogen (secondary N) is 1. The van der Waals surface area contributed by atoms with Gasteiger partial charge >= 0.3 is 0 Å². The molecule has 1 aliphatic rings. The number of halogens is 1. The first-order chi connectivity index (χ1) is 10.1. The molecule has 0 aromatic heterocycles. The molecular weight excluding hydrogens is 286 g/mol. The van der Waals surface area contributed by atoms with Gasteiger partial charge in [0.2, 0.25) is 5.91 Å². The van der Waals surface area contributed by atoms with Crippen molar-refractivity contribution >= 4 is 17.5 Å². The lowest BCUT2D eigenvalue weighted by Gasteiger charge is -2.20. The molecule has 1 amide bonds. The third kappa shape index (κ3) is 3.98. The second kappa shape index (κ2) is 7.28. The lowest BCUT2D eigenvalue weighted by molar-refractivity contribution is -0.123. The highest BCUT2D eigenvalue weighted by Crippen LogP contribution is 2.48. The fraction of sp³-hybridized carbons (Fsp3) is 0.588. The molecule has 1 atom stereocenters. The molecular formula is C17H24ClNO2. The molecule has 116 valence electrons. The topological polar surface area (TPSA) is 49.3 Å². The SMILES string of the molecule is CCCC(CCO)CNC(=O)C1(c2ccc(Cl)cc2)CC1. The molecule has 0 aliphatic heterocycles. The van der Waals surface area contributed by atoms with Gasteiger partial charge in [0.05, 0.1) is 5.41 Å². The zero-order chi connectivity index (χ0) is 15.3. The van der Waals surface area contributed by atoms with E-state index in [9.17, 15) is 4.79 Å². The van der Waals surface area contributed by atoms with Crippen LogP contribution in [-0.2, 0) is 10.2 Å². The Kier molecular flexibility index (Phi) is 5.65. The standard InChI is InChI=1S/C17H24ClNO2/c1-2-3-13(8-11-20)12-19-16(21)17(9-10-17)14-4-6-15(18)7-5-14/h4-7,13,20H,2-3,8-12H2,1H3,(H,19,21). The van der Waals surface area contributed by atoms with Gasteiger partial charge in [-0.3, -0.25) is 4.79 Å². The third-order valence-electron chi connectivity index (χ3n) is 4.37. The Hall–Kier alpha value is -1.06. The Morgan fingerprint density at radius 3 is 2.52 bits per heavy atom. The van der Waals surface area contributed by atoms with Crippen molar-refractivity contribution in [3.8, 4) is 0 Å². The predicted molar refractivity (Wildman–Crippen MR) is 85.5 cm³/mol. The Morgan fingerprint density at radius 2 is 2.00 bits per heavy atom. The molecule has 1 aliphatic carbocycles. The number of carbonyl (C=O) groups excluding carboxylic acids is 1. The van der Waals surface area contributed by atoms with Crippen LogP contribution in [-0.4, -0.2) is 24.2 Å². The second-order valence-corrected chi connectivity index (χ2v) is 6.40. The van der Waals surface area contributed by atoms with Crippen LogP contribution in [0.2, 0.25) is 5.02 Å². The van der Waals surface area contributed by atoms with Crippen LogP contribution in [0.4, 0.5) is 0 Å². The van der Waals surface area contributed by atoms with Crippen molar-refractivity contribution in [2.45, 2.75) is 44.4 Å². The zero-order valence-electron chi connectivity index (χ0n) is 12.6. The Morgan fingerprint density at radius 1 is 1.33 bits per heavy atom. The van der Waals surface area contributed by atoms with E-state index in [-0.39, 0.29) is 17.9 Å². The molecule has 21 heavy (non-hydrogen) atoms. The lowest BCUT2D eigenvalue weighted by atomic mass is 9.94. The summed E-state index contributed by atoms with van der Waals surface area (Å²) < 4.78 is 0. The number of aliphatic hydroxyl groups is 1. The molecule has 0 radical (unpaired) electrons. The molecule has 1 unspecified atom stereocenters. The van der Waals surface area contributed by atoms with E-state index in [0.717, 1.165) is 37.7 Å². The normalized spacial score (nSPS) is 17.3. The van der Waals surface area contributed by atoms with Crippen molar-refractivity contribution in [3.05, 3.63) is 34.9 Å². The van der Waals surface area contributed by atoms with Crippen molar-refractivity contribution in [1.82, 2.24) is 5.32 Å². The fourth-order valence-electron chi connectivity index (χ4n) is 2.89. The first-order valence-electron chi connectivity index (χ1n) is 7.77. The van der Waals surface area contributed by atoms with E-state index < -0.39 is 0 Å². The number of rotatable bonds is 8. The van der Waals surface area contributed by atoms with Crippen LogP contribution in [0.25, 0.3) is 0 Å². The second-order valence-electron chi connectivity index (χ2n) is 5.97. The van der Waals surface area contributed by atoms with Crippen molar-refractivity contribution in [3.63, 3.8) is 0 Å². The summed E-state index contributed by atoms with van der Waals surface area (Å²) in [4.78, 5) is 12.5. The first-order valence-corrected chi connectivity index (χ1v) is 8.15. The van der Waals surface area contributed by atoms with Crippen molar-refractivity contribution in [2.24, 2.45) is 5.92 Å². The Balaban J connectivity index is 1.94. The average molecular weight is 310 g/mol. The van der Waals surface area contributed by atoms with Crippen molar-refractivity contribution in [2.75, 3.05) is 13.2 Å². The van der Waals surface area contributed by atoms with Gasteiger partial charge in [0.1, 0.15) is 0 Å². The highest BCUT2D eigenvalue weighted by molar-refractivity contribution is 6.30. The molecule has 3 nitrogen and oxygen atoms in total. The van der Waals surface area contributed by atoms with Crippen LogP contribution < -0.4 is 5.32 Å². The minimum Gasteiger partial charge on any atom is -0.396 e. The summed E-state index contributed by atoms with van der Waals surface area (Å²) >= 11 is 5.91. The molecule has 1 fully saturated rings. The van der Waals surface area contributed by atoms with E-state index in [0.29, 0.717) is 17.5 Å². The Labute approximate surface area is 131 Å². The smallest absolute Gasteiger partial charge is 0.230 e. The highest BCUT2D eigenvalue weighted by atomic mass is 35.5. The maximum absolute atomic E-state index is 12.5. The number of benzene rings is 1. The number of amides is 1. The van der Waals surface area contributed by atoms with Crippen LogP contribution >= 0.6 is 11.6 Å². The molecule has 0 spiro atoms. The maximum atomic E-state index is 12.5. The number of hydrogen-bond acceptors (Lipinski definition) is 2. The van der Waals surface area contributed by atoms with Crippen LogP contribution in [0.15, 0.2) is 24.3 Å². The van der Waals surface area contributed by atoms with Gasteiger partial charge in [0.15, 0.2) is 0 Å². The van der Waals surface area contributed by atoms with E-state index in [1.165, 1.54) is 0 Å². The monoisotopic (exact) mass is 309 g/mol. The highest BCUT2D eigenvalue weighted by Gasteiger charge is 2.51. The lowest BCUT2D eigenvalue weighted by Crippen LogP contribution is -2.37. The Bertz CT molecular complexity index is 462. The van der Waals surface area contributed by atoms with Gasteiger partial charge in [-0.05, 0) is 49.3 Å². The molecule has 0 bridgehead atoms. The van der Waals surface area contributed by atoms with Gasteiger partial charge < -0.3 is 10.4 Å². The van der Waals surface area contributed by atoms with Gasteiger partial charge in [-0.25, -0.2) is 0 Å². The quantitative estimate of drug-likeness (QED) is 0.774. The van der Waals surface area contributed by atoms with Gasteiger partial charge in [-0.2, -0.15) is 0 Å². The molecule has 4 heteroatoms. The van der Waals surface area contributed by atoms with E-state index >= 15 is 0 Å². The molecule has 1 aromatic carbocycles. The summed E-state index contributed by atoms with van der Waals surface area (Å²) in [6.07, 6.45) is 4.66. The molecule has 2 N–H and O–H groups in total. The average Bonchev–Trinajstić information content (AvgIpc) is 3.27. The van der Waals surface area contributed by atoms with Crippen LogP contribution in [0, 0.1) is 5.92 Å².